The van der Waals surface area contributed by atoms with Crippen LogP contribution in [0.15, 0.2) is 35.5 Å². The van der Waals surface area contributed by atoms with E-state index in [4.69, 9.17) is 17.3 Å². The van der Waals surface area contributed by atoms with Crippen LogP contribution in [-0.4, -0.2) is 27.8 Å². The Labute approximate surface area is 126 Å². The van der Waals surface area contributed by atoms with E-state index in [1.54, 1.807) is 11.1 Å². The summed E-state index contributed by atoms with van der Waals surface area (Å²) in [5.74, 6) is 0.334. The second-order valence-electron chi connectivity index (χ2n) is 5.40. The molecule has 6 heteroatoms. The minimum atomic E-state index is -0.334. The number of nitrogens with two attached hydrogens (primary N) is 1. The summed E-state index contributed by atoms with van der Waals surface area (Å²) in [7, 11) is 0. The van der Waals surface area contributed by atoms with Crippen LogP contribution in [0.25, 0.3) is 10.9 Å². The van der Waals surface area contributed by atoms with Gasteiger partial charge in [0.1, 0.15) is 11.9 Å². The van der Waals surface area contributed by atoms with Crippen molar-refractivity contribution in [2.75, 3.05) is 0 Å². The molecule has 0 radical (unpaired) electrons. The number of aliphatic imine (C=N–C) groups is 1. The maximum atomic E-state index is 12.1. The van der Waals surface area contributed by atoms with Crippen LogP contribution in [-0.2, 0) is 0 Å². The van der Waals surface area contributed by atoms with Crippen molar-refractivity contribution in [2.45, 2.75) is 24.9 Å². The zero-order valence-corrected chi connectivity index (χ0v) is 11.9. The van der Waals surface area contributed by atoms with E-state index in [0.29, 0.717) is 10.9 Å². The number of amidine groups is 1. The quantitative estimate of drug-likeness (QED) is 0.927. The molecule has 5 nitrogen and oxygen atoms in total. The number of benzene rings is 1. The van der Waals surface area contributed by atoms with E-state index >= 15 is 0 Å². The Morgan fingerprint density at radius 2 is 2.10 bits per heavy atom. The fraction of sp³-hybridized carbons (Fsp3) is 0.267. The third kappa shape index (κ3) is 1.88. The Morgan fingerprint density at radius 3 is 2.86 bits per heavy atom. The Kier molecular flexibility index (Phi) is 2.65. The second kappa shape index (κ2) is 4.43. The average Bonchev–Trinajstić information content (AvgIpc) is 3.26. The van der Waals surface area contributed by atoms with Crippen molar-refractivity contribution in [3.8, 4) is 0 Å². The molecule has 0 saturated heterocycles. The fourth-order valence-electron chi connectivity index (χ4n) is 2.89. The molecule has 4 rings (SSSR count). The maximum absolute atomic E-state index is 12.1. The number of pyridine rings is 1. The van der Waals surface area contributed by atoms with Crippen LogP contribution < -0.4 is 5.73 Å². The third-order valence-corrected chi connectivity index (χ3v) is 4.32. The third-order valence-electron chi connectivity index (χ3n) is 3.99. The molecule has 1 unspecified atom stereocenters. The normalized spacial score (nSPS) is 22.0. The van der Waals surface area contributed by atoms with E-state index in [9.17, 15) is 4.79 Å². The lowest BCUT2D eigenvalue weighted by Gasteiger charge is -2.25. The Hall–Kier alpha value is -2.14. The SMILES string of the molecule is NC1=NC(=O)N(C2CC2)C1c1ccc(Cl)c2cccnc12. The number of halogens is 1. The van der Waals surface area contributed by atoms with Gasteiger partial charge < -0.3 is 10.6 Å². The molecule has 1 fully saturated rings. The van der Waals surface area contributed by atoms with E-state index < -0.39 is 0 Å². The molecule has 0 spiro atoms. The highest BCUT2D eigenvalue weighted by Crippen LogP contribution is 2.40. The van der Waals surface area contributed by atoms with Gasteiger partial charge in [0.2, 0.25) is 0 Å². The van der Waals surface area contributed by atoms with Crippen LogP contribution in [0.1, 0.15) is 24.4 Å². The first-order valence-electron chi connectivity index (χ1n) is 6.86. The Bertz CT molecular complexity index is 784. The van der Waals surface area contributed by atoms with Crippen molar-refractivity contribution < 1.29 is 4.79 Å². The largest absolute Gasteiger partial charge is 0.385 e. The van der Waals surface area contributed by atoms with Crippen molar-refractivity contribution in [1.82, 2.24) is 9.88 Å². The molecule has 1 aliphatic carbocycles. The van der Waals surface area contributed by atoms with E-state index in [1.807, 2.05) is 24.3 Å². The standard InChI is InChI=1S/C15H13ClN4O/c16-11-6-5-10(12-9(11)2-1-7-18-12)13-14(17)19-15(21)20(13)8-3-4-8/h1-2,5-8,13H,3-4H2,(H2,17,19,21). The minimum absolute atomic E-state index is 0.238. The summed E-state index contributed by atoms with van der Waals surface area (Å²) >= 11 is 6.23. The maximum Gasteiger partial charge on any atom is 0.346 e. The molecule has 2 heterocycles. The predicted octanol–water partition coefficient (Wildman–Crippen LogP) is 2.88. The lowest BCUT2D eigenvalue weighted by Crippen LogP contribution is -2.35. The highest BCUT2D eigenvalue weighted by molar-refractivity contribution is 6.35. The van der Waals surface area contributed by atoms with Gasteiger partial charge in [-0.15, -0.1) is 0 Å². The lowest BCUT2D eigenvalue weighted by atomic mass is 10.0. The van der Waals surface area contributed by atoms with Crippen LogP contribution >= 0.6 is 11.6 Å². The molecular formula is C15H13ClN4O. The number of hydrogen-bond donors (Lipinski definition) is 1. The molecule has 2 amide bonds. The van der Waals surface area contributed by atoms with E-state index in [0.717, 1.165) is 29.3 Å². The molecule has 1 saturated carbocycles. The topological polar surface area (TPSA) is 71.6 Å². The highest BCUT2D eigenvalue weighted by Gasteiger charge is 2.44. The van der Waals surface area contributed by atoms with Crippen molar-refractivity contribution >= 4 is 34.4 Å². The van der Waals surface area contributed by atoms with E-state index in [1.165, 1.54) is 0 Å². The lowest BCUT2D eigenvalue weighted by molar-refractivity contribution is 0.203. The van der Waals surface area contributed by atoms with Crippen molar-refractivity contribution in [3.05, 3.63) is 41.0 Å². The van der Waals surface area contributed by atoms with Crippen molar-refractivity contribution in [1.29, 1.82) is 0 Å². The molecule has 1 aromatic carbocycles. The molecule has 1 aromatic heterocycles. The van der Waals surface area contributed by atoms with Gasteiger partial charge in [0.25, 0.3) is 0 Å². The predicted molar refractivity (Wildman–Crippen MR) is 81.4 cm³/mol. The molecule has 2 aliphatic rings. The van der Waals surface area contributed by atoms with Crippen molar-refractivity contribution in [3.63, 3.8) is 0 Å². The van der Waals surface area contributed by atoms with E-state index in [-0.39, 0.29) is 18.1 Å². The van der Waals surface area contributed by atoms with Crippen LogP contribution in [0.5, 0.6) is 0 Å². The van der Waals surface area contributed by atoms with Gasteiger partial charge in [-0.25, -0.2) is 4.79 Å². The molecule has 0 bridgehead atoms. The van der Waals surface area contributed by atoms with Gasteiger partial charge in [-0.2, -0.15) is 4.99 Å². The van der Waals surface area contributed by atoms with Gasteiger partial charge in [0.15, 0.2) is 0 Å². The van der Waals surface area contributed by atoms with Gasteiger partial charge in [0, 0.05) is 28.2 Å². The van der Waals surface area contributed by atoms with Crippen molar-refractivity contribution in [2.24, 2.45) is 10.7 Å². The van der Waals surface area contributed by atoms with Crippen LogP contribution in [0, 0.1) is 0 Å². The number of nitrogens with zero attached hydrogens (tertiary/aromatic N) is 3. The smallest absolute Gasteiger partial charge is 0.346 e. The van der Waals surface area contributed by atoms with E-state index in [2.05, 4.69) is 9.98 Å². The number of urea groups is 1. The summed E-state index contributed by atoms with van der Waals surface area (Å²) in [6, 6.07) is 7.12. The zero-order chi connectivity index (χ0) is 14.6. The summed E-state index contributed by atoms with van der Waals surface area (Å²) in [4.78, 5) is 22.2. The van der Waals surface area contributed by atoms with Gasteiger partial charge in [0.05, 0.1) is 5.52 Å². The van der Waals surface area contributed by atoms with Gasteiger partial charge in [-0.1, -0.05) is 17.7 Å². The number of amides is 2. The zero-order valence-electron chi connectivity index (χ0n) is 11.2. The number of fused-ring (bicyclic) bond motifs is 1. The number of rotatable bonds is 2. The van der Waals surface area contributed by atoms with Crippen LogP contribution in [0.2, 0.25) is 5.02 Å². The van der Waals surface area contributed by atoms with Gasteiger partial charge in [-0.3, -0.25) is 4.98 Å². The molecule has 1 atom stereocenters. The van der Waals surface area contributed by atoms with Gasteiger partial charge >= 0.3 is 6.03 Å². The van der Waals surface area contributed by atoms with Gasteiger partial charge in [-0.05, 0) is 31.0 Å². The summed E-state index contributed by atoms with van der Waals surface area (Å²) in [6.45, 7) is 0. The summed E-state index contributed by atoms with van der Waals surface area (Å²) in [5, 5.41) is 1.50. The Balaban J connectivity index is 1.91. The molecule has 2 N–H and O–H groups in total. The fourth-order valence-corrected chi connectivity index (χ4v) is 3.11. The summed E-state index contributed by atoms with van der Waals surface area (Å²) in [5.41, 5.74) is 7.67. The summed E-state index contributed by atoms with van der Waals surface area (Å²) in [6.07, 6.45) is 3.72. The highest BCUT2D eigenvalue weighted by atomic mass is 35.5. The first-order valence-corrected chi connectivity index (χ1v) is 7.24. The number of aromatic nitrogens is 1. The Morgan fingerprint density at radius 1 is 1.29 bits per heavy atom. The summed E-state index contributed by atoms with van der Waals surface area (Å²) < 4.78 is 0. The average molecular weight is 301 g/mol. The van der Waals surface area contributed by atoms with Crippen LogP contribution in [0.4, 0.5) is 4.79 Å². The molecule has 21 heavy (non-hydrogen) atoms. The molecule has 2 aromatic rings. The minimum Gasteiger partial charge on any atom is -0.385 e. The van der Waals surface area contributed by atoms with Crippen LogP contribution in [0.3, 0.4) is 0 Å². The molecular weight excluding hydrogens is 288 g/mol. The number of carbonyl (C=O) groups excluding carboxylic acids is 1. The molecule has 106 valence electrons. The molecule has 1 aliphatic heterocycles. The first kappa shape index (κ1) is 12.6. The monoisotopic (exact) mass is 300 g/mol. The second-order valence-corrected chi connectivity index (χ2v) is 5.80. The number of hydrogen-bond acceptors (Lipinski definition) is 3. The first-order chi connectivity index (χ1) is 10.2. The number of carbonyl (C=O) groups is 1.